The van der Waals surface area contributed by atoms with Gasteiger partial charge in [-0.2, -0.15) is 0 Å². The number of anilines is 1. The van der Waals surface area contributed by atoms with Crippen molar-refractivity contribution in [3.63, 3.8) is 0 Å². The second kappa shape index (κ2) is 6.68. The van der Waals surface area contributed by atoms with Crippen LogP contribution in [0, 0.1) is 13.8 Å². The van der Waals surface area contributed by atoms with E-state index in [1.165, 1.54) is 22.4 Å². The highest BCUT2D eigenvalue weighted by Crippen LogP contribution is 2.43. The second-order valence-corrected chi connectivity index (χ2v) is 5.81. The van der Waals surface area contributed by atoms with Crippen LogP contribution in [0.2, 0.25) is 0 Å². The number of rotatable bonds is 2. The molecule has 1 unspecified atom stereocenters. The van der Waals surface area contributed by atoms with Gasteiger partial charge >= 0.3 is 0 Å². The van der Waals surface area contributed by atoms with Crippen molar-refractivity contribution in [3.05, 3.63) is 76.8 Å². The van der Waals surface area contributed by atoms with Gasteiger partial charge in [0.1, 0.15) is 5.37 Å². The van der Waals surface area contributed by atoms with Crippen LogP contribution < -0.4 is 4.90 Å². The van der Waals surface area contributed by atoms with Gasteiger partial charge in [0, 0.05) is 11.9 Å². The Morgan fingerprint density at radius 2 is 1.55 bits per heavy atom. The lowest BCUT2D eigenvalue weighted by molar-refractivity contribution is 0.941. The minimum Gasteiger partial charge on any atom is -0.330 e. The topological polar surface area (TPSA) is 3.24 Å². The zero-order valence-electron chi connectivity index (χ0n) is 11.6. The lowest BCUT2D eigenvalue weighted by Gasteiger charge is -2.27. The summed E-state index contributed by atoms with van der Waals surface area (Å²) in [5, 5.41) is 2.53. The zero-order valence-corrected chi connectivity index (χ0v) is 14.8. The van der Waals surface area contributed by atoms with E-state index in [0.29, 0.717) is 5.37 Å². The van der Waals surface area contributed by atoms with Crippen LogP contribution in [0.5, 0.6) is 0 Å². The number of hydrogen-bond acceptors (Lipinski definition) is 2. The maximum atomic E-state index is 2.36. The molecule has 104 valence electrons. The van der Waals surface area contributed by atoms with Crippen molar-refractivity contribution in [1.29, 1.82) is 0 Å². The van der Waals surface area contributed by atoms with Crippen LogP contribution in [0.1, 0.15) is 22.1 Å². The summed E-state index contributed by atoms with van der Waals surface area (Å²) < 4.78 is 0. The van der Waals surface area contributed by atoms with Crippen molar-refractivity contribution in [3.8, 4) is 0 Å². The van der Waals surface area contributed by atoms with Gasteiger partial charge in [-0.3, -0.25) is 0 Å². The normalized spacial score (nSPS) is 17.1. The van der Waals surface area contributed by atoms with Crippen molar-refractivity contribution in [1.82, 2.24) is 0 Å². The summed E-state index contributed by atoms with van der Waals surface area (Å²) in [5.74, 6) is 0. The van der Waals surface area contributed by atoms with Crippen LogP contribution in [0.3, 0.4) is 0 Å². The average Bonchev–Trinajstić information content (AvgIpc) is 2.89. The summed E-state index contributed by atoms with van der Waals surface area (Å²) in [7, 11) is 0. The van der Waals surface area contributed by atoms with Gasteiger partial charge in [-0.05, 0) is 42.0 Å². The third-order valence-corrected chi connectivity index (χ3v) is 4.55. The molecule has 0 spiro atoms. The maximum Gasteiger partial charge on any atom is 0.109 e. The molecule has 1 atom stereocenters. The fraction of sp³-hybridized carbons (Fsp3) is 0.176. The van der Waals surface area contributed by atoms with Gasteiger partial charge in [0.2, 0.25) is 0 Å². The lowest BCUT2D eigenvalue weighted by Crippen LogP contribution is -2.18. The molecule has 1 heterocycles. The SMILES string of the molecule is Cc1ccccc1C1SC=CN1c1ccccc1C.I. The minimum atomic E-state index is 0. The Kier molecular flexibility index (Phi) is 5.16. The summed E-state index contributed by atoms with van der Waals surface area (Å²) >= 11 is 1.87. The van der Waals surface area contributed by atoms with Crippen molar-refractivity contribution >= 4 is 41.4 Å². The van der Waals surface area contributed by atoms with Gasteiger partial charge in [-0.1, -0.05) is 42.5 Å². The molecule has 20 heavy (non-hydrogen) atoms. The fourth-order valence-electron chi connectivity index (χ4n) is 2.47. The van der Waals surface area contributed by atoms with E-state index in [1.807, 2.05) is 11.8 Å². The Labute approximate surface area is 142 Å². The van der Waals surface area contributed by atoms with Crippen molar-refractivity contribution in [2.75, 3.05) is 4.90 Å². The Bertz CT molecular complexity index is 624. The largest absolute Gasteiger partial charge is 0.330 e. The molecule has 0 N–H and O–H groups in total. The van der Waals surface area contributed by atoms with Gasteiger partial charge in [-0.15, -0.1) is 35.7 Å². The van der Waals surface area contributed by atoms with E-state index in [-0.39, 0.29) is 24.0 Å². The predicted molar refractivity (Wildman–Crippen MR) is 99.7 cm³/mol. The van der Waals surface area contributed by atoms with Crippen LogP contribution in [-0.2, 0) is 0 Å². The number of halogens is 1. The molecule has 0 aliphatic carbocycles. The number of thioether (sulfide) groups is 1. The molecule has 2 aromatic carbocycles. The molecule has 0 radical (unpaired) electrons. The molecule has 0 saturated heterocycles. The Morgan fingerprint density at radius 3 is 2.25 bits per heavy atom. The average molecular weight is 395 g/mol. The fourth-order valence-corrected chi connectivity index (χ4v) is 3.54. The minimum absolute atomic E-state index is 0. The van der Waals surface area contributed by atoms with Gasteiger partial charge in [0.15, 0.2) is 0 Å². The lowest BCUT2D eigenvalue weighted by atomic mass is 10.1. The van der Waals surface area contributed by atoms with Crippen LogP contribution in [0.15, 0.2) is 60.1 Å². The van der Waals surface area contributed by atoms with Crippen LogP contribution >= 0.6 is 35.7 Å². The van der Waals surface area contributed by atoms with Gasteiger partial charge in [0.25, 0.3) is 0 Å². The Hall–Kier alpha value is -0.940. The van der Waals surface area contributed by atoms with Crippen molar-refractivity contribution in [2.45, 2.75) is 19.2 Å². The zero-order chi connectivity index (χ0) is 13.2. The van der Waals surface area contributed by atoms with E-state index >= 15 is 0 Å². The number of para-hydroxylation sites is 1. The maximum absolute atomic E-state index is 2.36. The van der Waals surface area contributed by atoms with Crippen LogP contribution in [-0.4, -0.2) is 0 Å². The highest BCUT2D eigenvalue weighted by atomic mass is 127. The number of hydrogen-bond donors (Lipinski definition) is 0. The smallest absolute Gasteiger partial charge is 0.109 e. The molecule has 3 rings (SSSR count). The summed E-state index contributed by atoms with van der Waals surface area (Å²) in [5.41, 5.74) is 5.34. The first-order valence-corrected chi connectivity index (χ1v) is 7.43. The molecule has 0 aromatic heterocycles. The van der Waals surface area contributed by atoms with Gasteiger partial charge < -0.3 is 4.90 Å². The van der Waals surface area contributed by atoms with E-state index < -0.39 is 0 Å². The summed E-state index contributed by atoms with van der Waals surface area (Å²) in [4.78, 5) is 2.36. The summed E-state index contributed by atoms with van der Waals surface area (Å²) in [6, 6.07) is 17.2. The van der Waals surface area contributed by atoms with Gasteiger partial charge in [0.05, 0.1) is 0 Å². The Morgan fingerprint density at radius 1 is 0.900 bits per heavy atom. The standard InChI is InChI=1S/C17H17NS.HI/c1-13-7-3-5-9-15(13)17-18(11-12-19-17)16-10-6-4-8-14(16)2;/h3-12,17H,1-2H3;1H. The molecule has 1 nitrogen and oxygen atoms in total. The molecular weight excluding hydrogens is 377 g/mol. The molecule has 0 fully saturated rings. The third kappa shape index (κ3) is 2.88. The highest BCUT2D eigenvalue weighted by molar-refractivity contribution is 14.0. The predicted octanol–water partition coefficient (Wildman–Crippen LogP) is 5.64. The van der Waals surface area contributed by atoms with E-state index in [1.54, 1.807) is 0 Å². The molecule has 3 heteroatoms. The molecule has 1 aliphatic heterocycles. The van der Waals surface area contributed by atoms with E-state index in [2.05, 4.69) is 78.9 Å². The first kappa shape index (κ1) is 15.4. The molecule has 0 amide bonds. The molecular formula is C17H18INS. The monoisotopic (exact) mass is 395 g/mol. The third-order valence-electron chi connectivity index (χ3n) is 3.53. The second-order valence-electron chi connectivity index (χ2n) is 4.82. The molecule has 1 aliphatic rings. The molecule has 2 aromatic rings. The van der Waals surface area contributed by atoms with Crippen molar-refractivity contribution in [2.24, 2.45) is 0 Å². The van der Waals surface area contributed by atoms with Crippen LogP contribution in [0.25, 0.3) is 0 Å². The number of aryl methyl sites for hydroxylation is 2. The van der Waals surface area contributed by atoms with Crippen molar-refractivity contribution < 1.29 is 0 Å². The van der Waals surface area contributed by atoms with Gasteiger partial charge in [-0.25, -0.2) is 0 Å². The number of benzene rings is 2. The van der Waals surface area contributed by atoms with E-state index in [0.717, 1.165) is 0 Å². The van der Waals surface area contributed by atoms with Crippen LogP contribution in [0.4, 0.5) is 5.69 Å². The first-order chi connectivity index (χ1) is 9.27. The van der Waals surface area contributed by atoms with E-state index in [4.69, 9.17) is 0 Å². The van der Waals surface area contributed by atoms with E-state index in [9.17, 15) is 0 Å². The number of nitrogens with zero attached hydrogens (tertiary/aromatic N) is 1. The quantitative estimate of drug-likeness (QED) is 0.605. The first-order valence-electron chi connectivity index (χ1n) is 6.49. The summed E-state index contributed by atoms with van der Waals surface area (Å²) in [6.45, 7) is 4.35. The molecule has 0 saturated carbocycles. The highest BCUT2D eigenvalue weighted by Gasteiger charge is 2.25. The molecule has 0 bridgehead atoms. The summed E-state index contributed by atoms with van der Waals surface area (Å²) in [6.07, 6.45) is 2.18. The Balaban J connectivity index is 0.00000147.